The Morgan fingerprint density at radius 3 is 2.42 bits per heavy atom. The number of rotatable bonds is 7. The average molecular weight is 523 g/mol. The summed E-state index contributed by atoms with van der Waals surface area (Å²) >= 11 is 1.33. The Bertz CT molecular complexity index is 1540. The van der Waals surface area contributed by atoms with Crippen LogP contribution in [0.25, 0.3) is 16.8 Å². The first kappa shape index (κ1) is 25.3. The van der Waals surface area contributed by atoms with Gasteiger partial charge in [0.25, 0.3) is 5.91 Å². The lowest BCUT2D eigenvalue weighted by molar-refractivity contribution is -0.122. The number of carbonyl (C=O) groups excluding carboxylic acids is 2. The van der Waals surface area contributed by atoms with E-state index in [0.29, 0.717) is 34.5 Å². The third-order valence-corrected chi connectivity index (χ3v) is 7.18. The van der Waals surface area contributed by atoms with Crippen molar-refractivity contribution < 1.29 is 19.1 Å². The molecule has 0 bridgehead atoms. The van der Waals surface area contributed by atoms with Crippen molar-refractivity contribution in [2.24, 2.45) is 4.99 Å². The molecule has 0 atom stereocenters. The number of likely N-dealkylation sites (N-methyl/N-ethyl adjacent to an activating group) is 1. The highest BCUT2D eigenvalue weighted by atomic mass is 32.2. The van der Waals surface area contributed by atoms with Gasteiger partial charge in [0.2, 0.25) is 0 Å². The molecule has 1 aliphatic rings. The van der Waals surface area contributed by atoms with Crippen LogP contribution in [0.5, 0.6) is 5.75 Å². The van der Waals surface area contributed by atoms with Crippen molar-refractivity contribution in [3.05, 3.63) is 113 Å². The summed E-state index contributed by atoms with van der Waals surface area (Å²) in [5.74, 6) is 0.275. The number of hydrogen-bond donors (Lipinski definition) is 0. The first-order chi connectivity index (χ1) is 18.6. The topological polar surface area (TPSA) is 68.2 Å². The molecule has 190 valence electrons. The molecule has 0 aromatic heterocycles. The lowest BCUT2D eigenvalue weighted by Crippen LogP contribution is -2.28. The molecule has 1 aliphatic heterocycles. The molecule has 38 heavy (non-hydrogen) atoms. The summed E-state index contributed by atoms with van der Waals surface area (Å²) in [5, 5.41) is 2.98. The maximum Gasteiger partial charge on any atom is 0.337 e. The third kappa shape index (κ3) is 5.48. The van der Waals surface area contributed by atoms with Gasteiger partial charge in [0.15, 0.2) is 5.17 Å². The molecule has 1 amide bonds. The van der Waals surface area contributed by atoms with Crippen molar-refractivity contribution in [2.45, 2.75) is 13.5 Å². The van der Waals surface area contributed by atoms with Crippen molar-refractivity contribution in [3.63, 3.8) is 0 Å². The average Bonchev–Trinajstić information content (AvgIpc) is 3.25. The zero-order valence-electron chi connectivity index (χ0n) is 21.1. The smallest absolute Gasteiger partial charge is 0.337 e. The van der Waals surface area contributed by atoms with E-state index < -0.39 is 5.97 Å². The van der Waals surface area contributed by atoms with E-state index in [1.54, 1.807) is 29.2 Å². The number of nitrogens with zero attached hydrogens (tertiary/aromatic N) is 2. The van der Waals surface area contributed by atoms with Gasteiger partial charge in [0.1, 0.15) is 12.4 Å². The maximum atomic E-state index is 13.0. The molecule has 1 heterocycles. The number of carbonyl (C=O) groups is 2. The molecule has 0 spiro atoms. The molecule has 0 N–H and O–H groups in total. The minimum absolute atomic E-state index is 0.0845. The molecule has 0 radical (unpaired) electrons. The molecular formula is C31H26N2O4S. The van der Waals surface area contributed by atoms with Gasteiger partial charge in [-0.25, -0.2) is 9.79 Å². The molecule has 5 rings (SSSR count). The number of methoxy groups -OCH3 is 1. The Labute approximate surface area is 225 Å². The molecular weight excluding hydrogens is 496 g/mol. The quantitative estimate of drug-likeness (QED) is 0.197. The van der Waals surface area contributed by atoms with Crippen LogP contribution in [0.2, 0.25) is 0 Å². The van der Waals surface area contributed by atoms with Gasteiger partial charge in [-0.2, -0.15) is 0 Å². The van der Waals surface area contributed by atoms with Crippen LogP contribution >= 0.6 is 11.8 Å². The van der Waals surface area contributed by atoms with E-state index in [4.69, 9.17) is 9.47 Å². The Balaban J connectivity index is 1.28. The van der Waals surface area contributed by atoms with Crippen LogP contribution < -0.4 is 4.74 Å². The fourth-order valence-corrected chi connectivity index (χ4v) is 5.22. The van der Waals surface area contributed by atoms with E-state index in [0.717, 1.165) is 16.9 Å². The summed E-state index contributed by atoms with van der Waals surface area (Å²) in [6.45, 7) is 2.89. The summed E-state index contributed by atoms with van der Waals surface area (Å²) in [4.78, 5) is 31.6. The highest BCUT2D eigenvalue weighted by Crippen LogP contribution is 2.34. The lowest BCUT2D eigenvalue weighted by atomic mass is 10.1. The van der Waals surface area contributed by atoms with E-state index >= 15 is 0 Å². The zero-order chi connectivity index (χ0) is 26.5. The summed E-state index contributed by atoms with van der Waals surface area (Å²) in [6.07, 6.45) is 1.87. The van der Waals surface area contributed by atoms with Gasteiger partial charge < -0.3 is 9.47 Å². The molecule has 1 saturated heterocycles. The number of ether oxygens (including phenoxy) is 2. The second-order valence-electron chi connectivity index (χ2n) is 8.59. The van der Waals surface area contributed by atoms with Gasteiger partial charge in [-0.3, -0.25) is 9.69 Å². The van der Waals surface area contributed by atoms with Crippen LogP contribution in [0, 0.1) is 0 Å². The van der Waals surface area contributed by atoms with Gasteiger partial charge in [-0.15, -0.1) is 0 Å². The number of hydrogen-bond acceptors (Lipinski definition) is 6. The van der Waals surface area contributed by atoms with E-state index in [-0.39, 0.29) is 5.91 Å². The van der Waals surface area contributed by atoms with Crippen LogP contribution in [0.15, 0.2) is 101 Å². The molecule has 7 heteroatoms. The van der Waals surface area contributed by atoms with Gasteiger partial charge in [-0.05, 0) is 83.1 Å². The predicted octanol–water partition coefficient (Wildman–Crippen LogP) is 6.83. The van der Waals surface area contributed by atoms with Gasteiger partial charge in [-0.1, -0.05) is 54.6 Å². The number of aliphatic imine (C=N–C) groups is 1. The number of fused-ring (bicyclic) bond motifs is 1. The summed E-state index contributed by atoms with van der Waals surface area (Å²) < 4.78 is 10.8. The van der Waals surface area contributed by atoms with E-state index in [1.807, 2.05) is 55.5 Å². The number of esters is 1. The third-order valence-electron chi connectivity index (χ3n) is 6.17. The largest absolute Gasteiger partial charge is 0.489 e. The minimum atomic E-state index is -0.403. The monoisotopic (exact) mass is 522 g/mol. The predicted molar refractivity (Wildman–Crippen MR) is 153 cm³/mol. The number of amidine groups is 1. The minimum Gasteiger partial charge on any atom is -0.489 e. The molecule has 4 aromatic rings. The number of benzene rings is 4. The first-order valence-corrected chi connectivity index (χ1v) is 13.1. The van der Waals surface area contributed by atoms with Crippen LogP contribution in [0.3, 0.4) is 0 Å². The number of amides is 1. The Kier molecular flexibility index (Phi) is 7.56. The highest BCUT2D eigenvalue weighted by Gasteiger charge is 2.32. The fraction of sp³-hybridized carbons (Fsp3) is 0.129. The van der Waals surface area contributed by atoms with Gasteiger partial charge in [0, 0.05) is 6.54 Å². The van der Waals surface area contributed by atoms with Crippen molar-refractivity contribution in [1.82, 2.24) is 4.90 Å². The Morgan fingerprint density at radius 2 is 1.68 bits per heavy atom. The summed E-state index contributed by atoms with van der Waals surface area (Å²) in [7, 11) is 1.34. The maximum absolute atomic E-state index is 13.0. The van der Waals surface area contributed by atoms with Crippen molar-refractivity contribution >= 4 is 51.3 Å². The fourth-order valence-electron chi connectivity index (χ4n) is 4.16. The summed E-state index contributed by atoms with van der Waals surface area (Å²) in [5.41, 5.74) is 3.14. The van der Waals surface area contributed by atoms with E-state index in [2.05, 4.69) is 29.3 Å². The second kappa shape index (κ2) is 11.4. The second-order valence-corrected chi connectivity index (χ2v) is 9.60. The van der Waals surface area contributed by atoms with Gasteiger partial charge >= 0.3 is 5.97 Å². The normalized spacial score (nSPS) is 15.4. The van der Waals surface area contributed by atoms with Gasteiger partial charge in [0.05, 0.1) is 23.3 Å². The molecule has 0 saturated carbocycles. The van der Waals surface area contributed by atoms with E-state index in [9.17, 15) is 9.59 Å². The molecule has 1 fully saturated rings. The first-order valence-electron chi connectivity index (χ1n) is 12.2. The van der Waals surface area contributed by atoms with Crippen molar-refractivity contribution in [3.8, 4) is 5.75 Å². The van der Waals surface area contributed by atoms with Crippen molar-refractivity contribution in [2.75, 3.05) is 13.7 Å². The molecule has 4 aromatic carbocycles. The Morgan fingerprint density at radius 1 is 0.947 bits per heavy atom. The van der Waals surface area contributed by atoms with E-state index in [1.165, 1.54) is 29.6 Å². The number of thioether (sulfide) groups is 1. The standard InChI is InChI=1S/C31H26N2O4S/c1-3-33-29(34)28(38-31(33)32-25-15-13-23(14-16-25)30(35)36-2)19-21-11-17-26(18-12-21)37-20-24-9-6-8-22-7-4-5-10-27(22)24/h4-19H,3,20H2,1-2H3/b28-19+,32-31?. The van der Waals surface area contributed by atoms with Crippen molar-refractivity contribution in [1.29, 1.82) is 0 Å². The van der Waals surface area contributed by atoms with Crippen LogP contribution in [0.1, 0.15) is 28.4 Å². The Hall–Kier alpha value is -4.36. The molecule has 0 aliphatic carbocycles. The summed E-state index contributed by atoms with van der Waals surface area (Å²) in [6, 6.07) is 29.0. The van der Waals surface area contributed by atoms with Crippen LogP contribution in [-0.2, 0) is 16.1 Å². The highest BCUT2D eigenvalue weighted by molar-refractivity contribution is 8.18. The van der Waals surface area contributed by atoms with Crippen LogP contribution in [0.4, 0.5) is 5.69 Å². The molecule has 0 unspecified atom stereocenters. The zero-order valence-corrected chi connectivity index (χ0v) is 21.9. The lowest BCUT2D eigenvalue weighted by Gasteiger charge is -2.12. The SMILES string of the molecule is CCN1C(=O)/C(=C\c2ccc(OCc3cccc4ccccc34)cc2)SC1=Nc1ccc(C(=O)OC)cc1. The van der Waals surface area contributed by atoms with Crippen LogP contribution in [-0.4, -0.2) is 35.6 Å². The molecule has 6 nitrogen and oxygen atoms in total.